The Hall–Kier alpha value is -3.15. The van der Waals surface area contributed by atoms with Gasteiger partial charge in [-0.3, -0.25) is 14.5 Å². The smallest absolute Gasteiger partial charge is 0.300 e. The number of rotatable bonds is 3. The van der Waals surface area contributed by atoms with E-state index < -0.39 is 23.5 Å². The molecule has 1 heterocycles. The van der Waals surface area contributed by atoms with Gasteiger partial charge in [-0.05, 0) is 48.0 Å². The maximum Gasteiger partial charge on any atom is 0.300 e. The summed E-state index contributed by atoms with van der Waals surface area (Å²) in [5.74, 6) is -2.67. The zero-order valence-electron chi connectivity index (χ0n) is 15.4. The Bertz CT molecular complexity index is 1190. The summed E-state index contributed by atoms with van der Waals surface area (Å²) in [4.78, 5) is 27.1. The number of benzene rings is 3. The second-order valence-corrected chi connectivity index (χ2v) is 7.58. The van der Waals surface area contributed by atoms with Crippen LogP contribution in [0.25, 0.3) is 5.76 Å². The third-order valence-corrected chi connectivity index (χ3v) is 5.30. The van der Waals surface area contributed by atoms with Crippen LogP contribution in [0.2, 0.25) is 10.0 Å². The molecule has 0 aromatic heterocycles. The molecule has 3 aromatic rings. The van der Waals surface area contributed by atoms with Crippen LogP contribution >= 0.6 is 23.2 Å². The third-order valence-electron chi connectivity index (χ3n) is 4.81. The van der Waals surface area contributed by atoms with Crippen LogP contribution < -0.4 is 4.90 Å². The van der Waals surface area contributed by atoms with E-state index in [2.05, 4.69) is 0 Å². The Balaban J connectivity index is 1.96. The Morgan fingerprint density at radius 3 is 2.27 bits per heavy atom. The zero-order chi connectivity index (χ0) is 21.4. The molecule has 0 saturated carbocycles. The molecule has 1 aliphatic heterocycles. The molecule has 1 unspecified atom stereocenters. The molecule has 0 spiro atoms. The van der Waals surface area contributed by atoms with Crippen molar-refractivity contribution in [2.45, 2.75) is 6.04 Å². The van der Waals surface area contributed by atoms with Crippen molar-refractivity contribution in [3.8, 4) is 0 Å². The van der Waals surface area contributed by atoms with Crippen molar-refractivity contribution in [3.05, 3.63) is 105 Å². The topological polar surface area (TPSA) is 57.6 Å². The van der Waals surface area contributed by atoms with Gasteiger partial charge in [0, 0.05) is 21.3 Å². The van der Waals surface area contributed by atoms with E-state index in [4.69, 9.17) is 23.2 Å². The van der Waals surface area contributed by atoms with Crippen molar-refractivity contribution in [3.63, 3.8) is 0 Å². The fourth-order valence-electron chi connectivity index (χ4n) is 3.48. The van der Waals surface area contributed by atoms with Gasteiger partial charge in [-0.2, -0.15) is 0 Å². The molecule has 4 nitrogen and oxygen atoms in total. The number of aliphatic hydroxyl groups is 1. The van der Waals surface area contributed by atoms with E-state index in [1.54, 1.807) is 42.5 Å². The molecule has 1 saturated heterocycles. The minimum atomic E-state index is -0.969. The van der Waals surface area contributed by atoms with Crippen molar-refractivity contribution in [2.24, 2.45) is 0 Å². The molecule has 0 bridgehead atoms. The number of carbonyl (C=O) groups is 2. The molecule has 1 aliphatic rings. The van der Waals surface area contributed by atoms with Crippen molar-refractivity contribution in [1.82, 2.24) is 0 Å². The number of carbonyl (C=O) groups excluding carboxylic acids is 2. The first-order valence-electron chi connectivity index (χ1n) is 8.95. The average Bonchev–Trinajstić information content (AvgIpc) is 2.99. The molecule has 1 amide bonds. The van der Waals surface area contributed by atoms with E-state index in [1.807, 2.05) is 0 Å². The predicted octanol–water partition coefficient (Wildman–Crippen LogP) is 5.76. The highest BCUT2D eigenvalue weighted by molar-refractivity contribution is 6.51. The summed E-state index contributed by atoms with van der Waals surface area (Å²) in [6.45, 7) is 0. The largest absolute Gasteiger partial charge is 0.507 e. The van der Waals surface area contributed by atoms with Gasteiger partial charge in [0.2, 0.25) is 0 Å². The number of hydrogen-bond acceptors (Lipinski definition) is 3. The maximum absolute atomic E-state index is 13.9. The molecule has 0 aliphatic carbocycles. The first-order valence-corrected chi connectivity index (χ1v) is 9.70. The molecule has 3 aromatic carbocycles. The summed E-state index contributed by atoms with van der Waals surface area (Å²) in [7, 11) is 0. The van der Waals surface area contributed by atoms with Crippen LogP contribution in [-0.2, 0) is 9.59 Å². The van der Waals surface area contributed by atoms with E-state index in [9.17, 15) is 19.1 Å². The lowest BCUT2D eigenvalue weighted by atomic mass is 9.95. The monoisotopic (exact) mass is 441 g/mol. The fourth-order valence-corrected chi connectivity index (χ4v) is 3.79. The lowest BCUT2D eigenvalue weighted by Crippen LogP contribution is -2.29. The normalized spacial score (nSPS) is 18.1. The van der Waals surface area contributed by atoms with Gasteiger partial charge in [-0.25, -0.2) is 4.39 Å². The lowest BCUT2D eigenvalue weighted by molar-refractivity contribution is -0.132. The third kappa shape index (κ3) is 3.58. The lowest BCUT2D eigenvalue weighted by Gasteiger charge is -2.25. The van der Waals surface area contributed by atoms with Crippen LogP contribution in [-0.4, -0.2) is 16.8 Å². The van der Waals surface area contributed by atoms with Crippen LogP contribution in [0.4, 0.5) is 10.1 Å². The Morgan fingerprint density at radius 1 is 0.900 bits per heavy atom. The SMILES string of the molecule is O=C1C(=O)N(c2cccc(F)c2)C(c2ccc(Cl)cc2)/C1=C(\O)c1cccc(Cl)c1. The minimum Gasteiger partial charge on any atom is -0.507 e. The standard InChI is InChI=1S/C23H14Cl2FNO3/c24-15-9-7-13(8-10-15)20-19(21(28)14-3-1-4-16(25)11-14)22(29)23(30)27(20)18-6-2-5-17(26)12-18/h1-12,20,28H/b21-19+. The van der Waals surface area contributed by atoms with Gasteiger partial charge < -0.3 is 5.11 Å². The first-order chi connectivity index (χ1) is 14.4. The molecule has 1 fully saturated rings. The first kappa shape index (κ1) is 20.1. The summed E-state index contributed by atoms with van der Waals surface area (Å²) < 4.78 is 13.9. The Morgan fingerprint density at radius 2 is 1.60 bits per heavy atom. The highest BCUT2D eigenvalue weighted by Crippen LogP contribution is 2.42. The molecule has 150 valence electrons. The van der Waals surface area contributed by atoms with Crippen LogP contribution in [0.5, 0.6) is 0 Å². The maximum atomic E-state index is 13.9. The number of ketones is 1. The quantitative estimate of drug-likeness (QED) is 0.319. The van der Waals surface area contributed by atoms with Crippen molar-refractivity contribution >= 4 is 46.3 Å². The van der Waals surface area contributed by atoms with Crippen LogP contribution in [0.15, 0.2) is 78.4 Å². The highest BCUT2D eigenvalue weighted by Gasteiger charge is 2.47. The number of Topliss-reactive ketones (excluding diaryl/α,β-unsaturated/α-hetero) is 1. The van der Waals surface area contributed by atoms with E-state index in [0.717, 1.165) is 6.07 Å². The van der Waals surface area contributed by atoms with Gasteiger partial charge in [0.15, 0.2) is 0 Å². The number of halogens is 3. The van der Waals surface area contributed by atoms with E-state index in [0.29, 0.717) is 21.2 Å². The van der Waals surface area contributed by atoms with Crippen LogP contribution in [0, 0.1) is 5.82 Å². The predicted molar refractivity (Wildman–Crippen MR) is 114 cm³/mol. The Kier molecular flexibility index (Phi) is 5.33. The molecular weight excluding hydrogens is 428 g/mol. The van der Waals surface area contributed by atoms with E-state index in [1.165, 1.54) is 29.2 Å². The molecule has 30 heavy (non-hydrogen) atoms. The summed E-state index contributed by atoms with van der Waals surface area (Å²) in [5, 5.41) is 11.8. The summed E-state index contributed by atoms with van der Waals surface area (Å²) in [5.41, 5.74) is 0.904. The van der Waals surface area contributed by atoms with E-state index >= 15 is 0 Å². The van der Waals surface area contributed by atoms with Crippen LogP contribution in [0.3, 0.4) is 0 Å². The Labute approximate surface area is 181 Å². The molecule has 7 heteroatoms. The molecular formula is C23H14Cl2FNO3. The molecule has 0 radical (unpaired) electrons. The van der Waals surface area contributed by atoms with Crippen molar-refractivity contribution in [2.75, 3.05) is 4.90 Å². The van der Waals surface area contributed by atoms with Gasteiger partial charge in [0.05, 0.1) is 11.6 Å². The number of aliphatic hydroxyl groups excluding tert-OH is 1. The summed E-state index contributed by atoms with van der Waals surface area (Å²) in [6, 6.07) is 17.2. The second kappa shape index (κ2) is 7.94. The average molecular weight is 442 g/mol. The zero-order valence-corrected chi connectivity index (χ0v) is 16.9. The number of hydrogen-bond donors (Lipinski definition) is 1. The number of nitrogens with zero attached hydrogens (tertiary/aromatic N) is 1. The molecule has 1 N–H and O–H groups in total. The summed E-state index contributed by atoms with van der Waals surface area (Å²) >= 11 is 12.0. The van der Waals surface area contributed by atoms with Gasteiger partial charge in [0.1, 0.15) is 11.6 Å². The van der Waals surface area contributed by atoms with Gasteiger partial charge in [-0.1, -0.05) is 53.5 Å². The van der Waals surface area contributed by atoms with E-state index in [-0.39, 0.29) is 17.0 Å². The van der Waals surface area contributed by atoms with Gasteiger partial charge in [-0.15, -0.1) is 0 Å². The summed E-state index contributed by atoms with van der Waals surface area (Å²) in [6.07, 6.45) is 0. The fraction of sp³-hybridized carbons (Fsp3) is 0.0435. The number of amides is 1. The van der Waals surface area contributed by atoms with Gasteiger partial charge in [0.25, 0.3) is 11.7 Å². The van der Waals surface area contributed by atoms with Crippen LogP contribution in [0.1, 0.15) is 17.2 Å². The number of anilines is 1. The van der Waals surface area contributed by atoms with Crippen molar-refractivity contribution < 1.29 is 19.1 Å². The van der Waals surface area contributed by atoms with Gasteiger partial charge >= 0.3 is 0 Å². The minimum absolute atomic E-state index is 0.117. The highest BCUT2D eigenvalue weighted by atomic mass is 35.5. The molecule has 1 atom stereocenters. The molecule has 4 rings (SSSR count). The second-order valence-electron chi connectivity index (χ2n) is 6.71. The van der Waals surface area contributed by atoms with Crippen molar-refractivity contribution in [1.29, 1.82) is 0 Å².